The number of benzene rings is 1. The summed E-state index contributed by atoms with van der Waals surface area (Å²) in [7, 11) is 3.25. The van der Waals surface area contributed by atoms with Gasteiger partial charge >= 0.3 is 0 Å². The molecule has 0 spiro atoms. The van der Waals surface area contributed by atoms with Gasteiger partial charge in [-0.05, 0) is 31.0 Å². The molecular weight excluding hydrogens is 362 g/mol. The minimum absolute atomic E-state index is 0.217. The van der Waals surface area contributed by atoms with Crippen LogP contribution in [0.5, 0.6) is 11.5 Å². The van der Waals surface area contributed by atoms with Gasteiger partial charge in [-0.15, -0.1) is 11.3 Å². The highest BCUT2D eigenvalue weighted by Crippen LogP contribution is 2.28. The third kappa shape index (κ3) is 5.20. The number of hydrogen-bond donors (Lipinski definition) is 0. The summed E-state index contributed by atoms with van der Waals surface area (Å²) in [5.41, 5.74) is 2.21. The quantitative estimate of drug-likeness (QED) is 0.729. The number of carbonyl (C=O) groups excluding carboxylic acids is 1. The van der Waals surface area contributed by atoms with E-state index in [2.05, 4.69) is 15.3 Å². The van der Waals surface area contributed by atoms with Crippen LogP contribution in [0.3, 0.4) is 0 Å². The first-order valence-corrected chi connectivity index (χ1v) is 10.1. The Morgan fingerprint density at radius 3 is 2.52 bits per heavy atom. The summed E-state index contributed by atoms with van der Waals surface area (Å²) in [6, 6.07) is 5.82. The lowest BCUT2D eigenvalue weighted by Gasteiger charge is -2.34. The lowest BCUT2D eigenvalue weighted by Crippen LogP contribution is -2.48. The highest BCUT2D eigenvalue weighted by atomic mass is 32.1. The first-order chi connectivity index (χ1) is 13.1. The van der Waals surface area contributed by atoms with Gasteiger partial charge in [0.2, 0.25) is 5.91 Å². The topological polar surface area (TPSA) is 54.9 Å². The van der Waals surface area contributed by atoms with Crippen LogP contribution in [-0.4, -0.2) is 61.1 Å². The lowest BCUT2D eigenvalue weighted by atomic mass is 10.1. The molecule has 1 aromatic carbocycles. The summed E-state index contributed by atoms with van der Waals surface area (Å²) in [5.74, 6) is 1.63. The maximum Gasteiger partial charge on any atom is 0.222 e. The fraction of sp³-hybridized carbons (Fsp3) is 0.500. The molecule has 146 valence electrons. The average Bonchev–Trinajstić information content (AvgIpc) is 3.11. The molecule has 2 heterocycles. The maximum atomic E-state index is 12.6. The Bertz CT molecular complexity index is 770. The highest BCUT2D eigenvalue weighted by molar-refractivity contribution is 7.09. The molecule has 1 fully saturated rings. The van der Waals surface area contributed by atoms with Crippen LogP contribution in [0.25, 0.3) is 0 Å². The number of methoxy groups -OCH3 is 2. The van der Waals surface area contributed by atoms with Crippen molar-refractivity contribution in [1.82, 2.24) is 14.8 Å². The van der Waals surface area contributed by atoms with E-state index in [-0.39, 0.29) is 5.91 Å². The van der Waals surface area contributed by atoms with Crippen LogP contribution in [0.4, 0.5) is 0 Å². The monoisotopic (exact) mass is 389 g/mol. The second kappa shape index (κ2) is 9.19. The van der Waals surface area contributed by atoms with Crippen LogP contribution in [-0.2, 0) is 17.8 Å². The number of rotatable bonds is 7. The van der Waals surface area contributed by atoms with Crippen LogP contribution in [0, 0.1) is 6.92 Å². The molecule has 1 saturated heterocycles. The minimum atomic E-state index is 0.217. The van der Waals surface area contributed by atoms with E-state index < -0.39 is 0 Å². The van der Waals surface area contributed by atoms with Gasteiger partial charge in [0.05, 0.1) is 24.9 Å². The van der Waals surface area contributed by atoms with Crippen molar-refractivity contribution in [3.05, 3.63) is 39.8 Å². The van der Waals surface area contributed by atoms with E-state index in [0.717, 1.165) is 49.0 Å². The van der Waals surface area contributed by atoms with E-state index in [0.29, 0.717) is 24.3 Å². The summed E-state index contributed by atoms with van der Waals surface area (Å²) >= 11 is 1.69. The number of amides is 1. The second-order valence-electron chi connectivity index (χ2n) is 6.70. The van der Waals surface area contributed by atoms with E-state index in [9.17, 15) is 4.79 Å². The van der Waals surface area contributed by atoms with Crippen molar-refractivity contribution in [3.8, 4) is 11.5 Å². The van der Waals surface area contributed by atoms with Gasteiger partial charge in [0.25, 0.3) is 0 Å². The molecule has 0 N–H and O–H groups in total. The number of hydrogen-bond acceptors (Lipinski definition) is 6. The van der Waals surface area contributed by atoms with Gasteiger partial charge in [0.15, 0.2) is 11.5 Å². The van der Waals surface area contributed by atoms with Crippen molar-refractivity contribution >= 4 is 17.2 Å². The fourth-order valence-corrected chi connectivity index (χ4v) is 3.91. The number of nitrogens with zero attached hydrogens (tertiary/aromatic N) is 3. The van der Waals surface area contributed by atoms with E-state index in [1.807, 2.05) is 30.0 Å². The molecular formula is C20H27N3O3S. The first-order valence-electron chi connectivity index (χ1n) is 9.21. The van der Waals surface area contributed by atoms with Gasteiger partial charge in [0, 0.05) is 44.5 Å². The van der Waals surface area contributed by atoms with Gasteiger partial charge in [-0.25, -0.2) is 4.98 Å². The Morgan fingerprint density at radius 2 is 1.89 bits per heavy atom. The van der Waals surface area contributed by atoms with Crippen LogP contribution in [0.2, 0.25) is 0 Å². The molecule has 0 atom stereocenters. The summed E-state index contributed by atoms with van der Waals surface area (Å²) in [5, 5.41) is 3.23. The molecule has 1 aliphatic rings. The average molecular weight is 390 g/mol. The summed E-state index contributed by atoms with van der Waals surface area (Å²) in [4.78, 5) is 21.4. The summed E-state index contributed by atoms with van der Waals surface area (Å²) in [6.07, 6.45) is 1.22. The smallest absolute Gasteiger partial charge is 0.222 e. The number of piperazine rings is 1. The van der Waals surface area contributed by atoms with Crippen molar-refractivity contribution in [1.29, 1.82) is 0 Å². The molecule has 1 aliphatic heterocycles. The first kappa shape index (κ1) is 19.6. The zero-order chi connectivity index (χ0) is 19.2. The van der Waals surface area contributed by atoms with Gasteiger partial charge in [-0.2, -0.15) is 0 Å². The Hall–Kier alpha value is -2.12. The number of ether oxygens (including phenoxy) is 2. The molecule has 0 bridgehead atoms. The fourth-order valence-electron chi connectivity index (χ4n) is 3.31. The van der Waals surface area contributed by atoms with Gasteiger partial charge < -0.3 is 14.4 Å². The number of aryl methyl sites for hydroxylation is 2. The van der Waals surface area contributed by atoms with E-state index >= 15 is 0 Å². The van der Waals surface area contributed by atoms with Crippen molar-refractivity contribution in [2.45, 2.75) is 26.3 Å². The van der Waals surface area contributed by atoms with Crippen LogP contribution < -0.4 is 9.47 Å². The van der Waals surface area contributed by atoms with Crippen LogP contribution in [0.15, 0.2) is 23.6 Å². The van der Waals surface area contributed by atoms with Crippen LogP contribution >= 0.6 is 11.3 Å². The number of aromatic nitrogens is 1. The van der Waals surface area contributed by atoms with E-state index in [4.69, 9.17) is 9.47 Å². The third-order valence-electron chi connectivity index (χ3n) is 4.85. The number of carbonyl (C=O) groups is 1. The van der Waals surface area contributed by atoms with Gasteiger partial charge in [-0.3, -0.25) is 9.69 Å². The van der Waals surface area contributed by atoms with Crippen molar-refractivity contribution < 1.29 is 14.3 Å². The van der Waals surface area contributed by atoms with Crippen molar-refractivity contribution in [3.63, 3.8) is 0 Å². The Kier molecular flexibility index (Phi) is 6.68. The highest BCUT2D eigenvalue weighted by Gasteiger charge is 2.21. The third-order valence-corrected chi connectivity index (χ3v) is 5.67. The molecule has 6 nitrogen and oxygen atoms in total. The Balaban J connectivity index is 1.45. The summed E-state index contributed by atoms with van der Waals surface area (Å²) < 4.78 is 10.6. The Morgan fingerprint density at radius 1 is 1.15 bits per heavy atom. The molecule has 2 aromatic rings. The second-order valence-corrected chi connectivity index (χ2v) is 7.77. The zero-order valence-electron chi connectivity index (χ0n) is 16.2. The SMILES string of the molecule is COc1ccc(CCC(=O)N2CCN(Cc3csc(C)n3)CC2)cc1OC. The summed E-state index contributed by atoms with van der Waals surface area (Å²) in [6.45, 7) is 6.28. The standard InChI is InChI=1S/C20H27N3O3S/c1-15-21-17(14-27-15)13-22-8-10-23(11-9-22)20(24)7-5-16-4-6-18(25-2)19(12-16)26-3/h4,6,12,14H,5,7-11,13H2,1-3H3. The zero-order valence-corrected chi connectivity index (χ0v) is 17.1. The molecule has 27 heavy (non-hydrogen) atoms. The largest absolute Gasteiger partial charge is 0.493 e. The van der Waals surface area contributed by atoms with Crippen molar-refractivity contribution in [2.75, 3.05) is 40.4 Å². The molecule has 0 unspecified atom stereocenters. The molecule has 0 saturated carbocycles. The minimum Gasteiger partial charge on any atom is -0.493 e. The number of thiazole rings is 1. The Labute approximate surface area is 164 Å². The van der Waals surface area contributed by atoms with E-state index in [1.165, 1.54) is 0 Å². The van der Waals surface area contributed by atoms with Crippen molar-refractivity contribution in [2.24, 2.45) is 0 Å². The maximum absolute atomic E-state index is 12.6. The van der Waals surface area contributed by atoms with Crippen LogP contribution in [0.1, 0.15) is 22.7 Å². The molecule has 3 rings (SSSR count). The molecule has 0 aliphatic carbocycles. The predicted molar refractivity (Wildman–Crippen MR) is 107 cm³/mol. The predicted octanol–water partition coefficient (Wildman–Crippen LogP) is 2.75. The molecule has 1 amide bonds. The van der Waals surface area contributed by atoms with Gasteiger partial charge in [-0.1, -0.05) is 6.07 Å². The van der Waals surface area contributed by atoms with Gasteiger partial charge in [0.1, 0.15) is 0 Å². The molecule has 1 aromatic heterocycles. The molecule has 7 heteroatoms. The normalized spacial score (nSPS) is 15.0. The lowest BCUT2D eigenvalue weighted by molar-refractivity contribution is -0.133. The van der Waals surface area contributed by atoms with E-state index in [1.54, 1.807) is 25.6 Å². The molecule has 0 radical (unpaired) electrons.